The van der Waals surface area contributed by atoms with Crippen LogP contribution < -0.4 is 5.32 Å². The molecule has 1 aliphatic heterocycles. The topological polar surface area (TPSA) is 12.0 Å². The Morgan fingerprint density at radius 2 is 1.72 bits per heavy atom. The average Bonchev–Trinajstić information content (AvgIpc) is 2.82. The lowest BCUT2D eigenvalue weighted by Crippen LogP contribution is -2.27. The molecule has 0 bridgehead atoms. The van der Waals surface area contributed by atoms with Gasteiger partial charge < -0.3 is 5.32 Å². The summed E-state index contributed by atoms with van der Waals surface area (Å²) in [6, 6.07) is 1.47. The van der Waals surface area contributed by atoms with Gasteiger partial charge in [0.15, 0.2) is 0 Å². The normalized spacial score (nSPS) is 24.1. The molecule has 1 heterocycles. The zero-order chi connectivity index (χ0) is 13.1. The molecule has 1 aliphatic rings. The Bertz CT molecular complexity index is 210. The van der Waals surface area contributed by atoms with Crippen molar-refractivity contribution in [3.8, 4) is 0 Å². The van der Waals surface area contributed by atoms with Gasteiger partial charge in [0.05, 0.1) is 0 Å². The van der Waals surface area contributed by atoms with Crippen molar-refractivity contribution >= 4 is 0 Å². The van der Waals surface area contributed by atoms with Crippen molar-refractivity contribution in [3.63, 3.8) is 0 Å². The highest BCUT2D eigenvalue weighted by molar-refractivity contribution is 4.98. The van der Waals surface area contributed by atoms with E-state index in [2.05, 4.69) is 31.3 Å². The molecule has 18 heavy (non-hydrogen) atoms. The number of rotatable bonds is 10. The smallest absolute Gasteiger partial charge is 0.0253 e. The Morgan fingerprint density at radius 1 is 0.944 bits per heavy atom. The summed E-state index contributed by atoms with van der Waals surface area (Å²) in [6.07, 6.45) is 19.9. The van der Waals surface area contributed by atoms with Crippen molar-refractivity contribution in [1.82, 2.24) is 5.32 Å². The second-order valence-electron chi connectivity index (χ2n) is 5.82. The standard InChI is InChI=1S/C17H33N/c1-3-5-7-9-11-13-17-15-14-16(18-17)12-10-8-6-4-2/h10,12,16-18H,3-9,11,13-15H2,1-2H3. The Labute approximate surface area is 114 Å². The van der Waals surface area contributed by atoms with Crippen LogP contribution in [-0.2, 0) is 0 Å². The van der Waals surface area contributed by atoms with Crippen molar-refractivity contribution in [1.29, 1.82) is 0 Å². The van der Waals surface area contributed by atoms with E-state index in [4.69, 9.17) is 0 Å². The van der Waals surface area contributed by atoms with E-state index < -0.39 is 0 Å². The van der Waals surface area contributed by atoms with Gasteiger partial charge >= 0.3 is 0 Å². The molecule has 1 rings (SSSR count). The van der Waals surface area contributed by atoms with Gasteiger partial charge in [-0.15, -0.1) is 0 Å². The fourth-order valence-electron chi connectivity index (χ4n) is 2.81. The van der Waals surface area contributed by atoms with Gasteiger partial charge in [-0.2, -0.15) is 0 Å². The lowest BCUT2D eigenvalue weighted by atomic mass is 10.1. The van der Waals surface area contributed by atoms with E-state index in [0.29, 0.717) is 6.04 Å². The molecule has 1 nitrogen and oxygen atoms in total. The monoisotopic (exact) mass is 251 g/mol. The van der Waals surface area contributed by atoms with Crippen LogP contribution in [0, 0.1) is 0 Å². The van der Waals surface area contributed by atoms with Gasteiger partial charge in [0, 0.05) is 12.1 Å². The number of hydrogen-bond acceptors (Lipinski definition) is 1. The number of nitrogens with one attached hydrogen (secondary N) is 1. The lowest BCUT2D eigenvalue weighted by Gasteiger charge is -2.11. The summed E-state index contributed by atoms with van der Waals surface area (Å²) in [5, 5.41) is 3.77. The van der Waals surface area contributed by atoms with Gasteiger partial charge in [0.1, 0.15) is 0 Å². The molecule has 0 aromatic carbocycles. The Balaban J connectivity index is 2.00. The first-order chi connectivity index (χ1) is 8.86. The second-order valence-corrected chi connectivity index (χ2v) is 5.82. The molecule has 0 saturated carbocycles. The van der Waals surface area contributed by atoms with E-state index in [0.717, 1.165) is 6.04 Å². The van der Waals surface area contributed by atoms with Crippen LogP contribution in [0.25, 0.3) is 0 Å². The van der Waals surface area contributed by atoms with Crippen molar-refractivity contribution in [2.24, 2.45) is 0 Å². The Morgan fingerprint density at radius 3 is 2.50 bits per heavy atom. The van der Waals surface area contributed by atoms with Crippen molar-refractivity contribution in [3.05, 3.63) is 12.2 Å². The summed E-state index contributed by atoms with van der Waals surface area (Å²) in [5.41, 5.74) is 0. The van der Waals surface area contributed by atoms with Crippen LogP contribution in [-0.4, -0.2) is 12.1 Å². The number of hydrogen-bond donors (Lipinski definition) is 1. The zero-order valence-corrected chi connectivity index (χ0v) is 12.6. The minimum atomic E-state index is 0.669. The predicted octanol–water partition coefficient (Wildman–Crippen LogP) is 5.21. The van der Waals surface area contributed by atoms with Crippen molar-refractivity contribution in [2.45, 2.75) is 96.6 Å². The van der Waals surface area contributed by atoms with Crippen molar-refractivity contribution in [2.75, 3.05) is 0 Å². The van der Waals surface area contributed by atoms with Gasteiger partial charge in [-0.25, -0.2) is 0 Å². The zero-order valence-electron chi connectivity index (χ0n) is 12.6. The minimum absolute atomic E-state index is 0.669. The molecule has 106 valence electrons. The van der Waals surface area contributed by atoms with E-state index in [-0.39, 0.29) is 0 Å². The maximum absolute atomic E-state index is 3.77. The van der Waals surface area contributed by atoms with E-state index in [1.807, 2.05) is 0 Å². The van der Waals surface area contributed by atoms with Crippen LogP contribution in [0.5, 0.6) is 0 Å². The molecule has 1 fully saturated rings. The van der Waals surface area contributed by atoms with Crippen molar-refractivity contribution < 1.29 is 0 Å². The molecule has 0 aromatic rings. The minimum Gasteiger partial charge on any atom is -0.308 e. The maximum atomic E-state index is 3.77. The van der Waals surface area contributed by atoms with Gasteiger partial charge in [0.25, 0.3) is 0 Å². The largest absolute Gasteiger partial charge is 0.308 e. The fourth-order valence-corrected chi connectivity index (χ4v) is 2.81. The second kappa shape index (κ2) is 10.6. The molecular weight excluding hydrogens is 218 g/mol. The average molecular weight is 251 g/mol. The molecule has 0 aliphatic carbocycles. The van der Waals surface area contributed by atoms with Crippen LogP contribution in [0.2, 0.25) is 0 Å². The molecule has 0 amide bonds. The molecule has 1 saturated heterocycles. The SMILES string of the molecule is CCCCC=CC1CCC(CCCCCCC)N1. The maximum Gasteiger partial charge on any atom is 0.0253 e. The van der Waals surface area contributed by atoms with E-state index in [1.165, 1.54) is 70.6 Å². The first-order valence-electron chi connectivity index (χ1n) is 8.29. The molecule has 0 radical (unpaired) electrons. The summed E-state index contributed by atoms with van der Waals surface area (Å²) >= 11 is 0. The van der Waals surface area contributed by atoms with Crippen LogP contribution in [0.15, 0.2) is 12.2 Å². The first-order valence-corrected chi connectivity index (χ1v) is 8.29. The van der Waals surface area contributed by atoms with Crippen LogP contribution in [0.4, 0.5) is 0 Å². The van der Waals surface area contributed by atoms with Crippen LogP contribution >= 0.6 is 0 Å². The molecule has 0 spiro atoms. The Kier molecular flexibility index (Phi) is 9.28. The molecule has 2 atom stereocenters. The summed E-state index contributed by atoms with van der Waals surface area (Å²) in [5.74, 6) is 0. The molecule has 1 heteroatoms. The van der Waals surface area contributed by atoms with Gasteiger partial charge in [-0.05, 0) is 25.7 Å². The van der Waals surface area contributed by atoms with E-state index in [9.17, 15) is 0 Å². The predicted molar refractivity (Wildman–Crippen MR) is 82.0 cm³/mol. The highest BCUT2D eigenvalue weighted by Gasteiger charge is 2.20. The first kappa shape index (κ1) is 15.8. The van der Waals surface area contributed by atoms with Crippen LogP contribution in [0.1, 0.15) is 84.5 Å². The van der Waals surface area contributed by atoms with Gasteiger partial charge in [-0.1, -0.05) is 70.9 Å². The number of unbranched alkanes of at least 4 members (excludes halogenated alkanes) is 6. The molecule has 1 N–H and O–H groups in total. The third kappa shape index (κ3) is 7.20. The van der Waals surface area contributed by atoms with Gasteiger partial charge in [-0.3, -0.25) is 0 Å². The third-order valence-electron chi connectivity index (χ3n) is 4.02. The number of allylic oxidation sites excluding steroid dienone is 1. The molecule has 0 aromatic heterocycles. The quantitative estimate of drug-likeness (QED) is 0.415. The Hall–Kier alpha value is -0.300. The summed E-state index contributed by atoms with van der Waals surface area (Å²) in [7, 11) is 0. The van der Waals surface area contributed by atoms with E-state index in [1.54, 1.807) is 0 Å². The summed E-state index contributed by atoms with van der Waals surface area (Å²) < 4.78 is 0. The summed E-state index contributed by atoms with van der Waals surface area (Å²) in [4.78, 5) is 0. The third-order valence-corrected chi connectivity index (χ3v) is 4.02. The van der Waals surface area contributed by atoms with Crippen LogP contribution in [0.3, 0.4) is 0 Å². The molecule has 2 unspecified atom stereocenters. The fraction of sp³-hybridized carbons (Fsp3) is 0.882. The highest BCUT2D eigenvalue weighted by Crippen LogP contribution is 2.19. The highest BCUT2D eigenvalue weighted by atomic mass is 15.0. The summed E-state index contributed by atoms with van der Waals surface area (Å²) in [6.45, 7) is 4.55. The lowest BCUT2D eigenvalue weighted by molar-refractivity contribution is 0.497. The molecular formula is C17H33N. The van der Waals surface area contributed by atoms with E-state index >= 15 is 0 Å². The van der Waals surface area contributed by atoms with Gasteiger partial charge in [0.2, 0.25) is 0 Å².